The monoisotopic (exact) mass is 564 g/mol. The first-order valence-electron chi connectivity index (χ1n) is 12.9. The largest absolute Gasteiger partial charge is 0.370 e. The van der Waals surface area contributed by atoms with E-state index >= 15 is 0 Å². The molecular weight excluding hydrogens is 540 g/mol. The van der Waals surface area contributed by atoms with Crippen molar-refractivity contribution >= 4 is 46.2 Å². The summed E-state index contributed by atoms with van der Waals surface area (Å²) in [6, 6.07) is 17.2. The molecule has 3 amide bonds. The first-order valence-corrected chi connectivity index (χ1v) is 12.9. The molecule has 1 aliphatic heterocycles. The van der Waals surface area contributed by atoms with Crippen LogP contribution in [0.15, 0.2) is 64.8 Å². The molecule has 0 aromatic heterocycles. The Bertz CT molecular complexity index is 1650. The van der Waals surface area contributed by atoms with E-state index in [-0.39, 0.29) is 53.2 Å². The van der Waals surface area contributed by atoms with Gasteiger partial charge in [0, 0.05) is 43.9 Å². The molecule has 4 rings (SSSR count). The van der Waals surface area contributed by atoms with Crippen LogP contribution < -0.4 is 10.2 Å². The van der Waals surface area contributed by atoms with E-state index in [1.54, 1.807) is 61.5 Å². The summed E-state index contributed by atoms with van der Waals surface area (Å²) < 4.78 is 0. The minimum Gasteiger partial charge on any atom is -0.370 e. The predicted octanol–water partition coefficient (Wildman–Crippen LogP) is 5.22. The minimum atomic E-state index is -0.715. The highest BCUT2D eigenvalue weighted by Gasteiger charge is 2.35. The van der Waals surface area contributed by atoms with Gasteiger partial charge in [-0.1, -0.05) is 19.1 Å². The van der Waals surface area contributed by atoms with Crippen LogP contribution in [0.2, 0.25) is 0 Å². The topological polar surface area (TPSA) is 185 Å². The number of non-ortho nitro benzene ring substituents is 1. The van der Waals surface area contributed by atoms with Gasteiger partial charge in [-0.2, -0.15) is 10.5 Å². The van der Waals surface area contributed by atoms with Gasteiger partial charge in [-0.3, -0.25) is 29.4 Å². The number of nitriles is 2. The van der Waals surface area contributed by atoms with Crippen molar-refractivity contribution in [3.63, 3.8) is 0 Å². The number of nitro groups is 1. The summed E-state index contributed by atoms with van der Waals surface area (Å²) in [5.74, 6) is -1.00. The number of carbonyl (C=O) groups excluding carboxylic acids is 3. The van der Waals surface area contributed by atoms with Gasteiger partial charge in [0.1, 0.15) is 23.5 Å². The van der Waals surface area contributed by atoms with Gasteiger partial charge in [-0.15, -0.1) is 10.2 Å². The average Bonchev–Trinajstić information content (AvgIpc) is 3.25. The number of nitrogens with zero attached hydrogens (tertiary/aromatic N) is 7. The van der Waals surface area contributed by atoms with Gasteiger partial charge in [0.15, 0.2) is 0 Å². The summed E-state index contributed by atoms with van der Waals surface area (Å²) in [4.78, 5) is 51.4. The van der Waals surface area contributed by atoms with Gasteiger partial charge in [0.05, 0.1) is 32.9 Å². The second-order valence-corrected chi connectivity index (χ2v) is 9.06. The Balaban J connectivity index is 1.63. The molecule has 1 N–H and O–H groups in total. The van der Waals surface area contributed by atoms with E-state index < -0.39 is 10.6 Å². The average molecular weight is 565 g/mol. The Morgan fingerprint density at radius 1 is 1.00 bits per heavy atom. The van der Waals surface area contributed by atoms with E-state index in [1.165, 1.54) is 4.90 Å². The van der Waals surface area contributed by atoms with Crippen LogP contribution in [0, 0.1) is 32.8 Å². The molecular formula is C29H24N8O5. The number of benzene rings is 3. The highest BCUT2D eigenvalue weighted by molar-refractivity contribution is 6.21. The molecule has 0 spiro atoms. The third-order valence-corrected chi connectivity index (χ3v) is 6.60. The Kier molecular flexibility index (Phi) is 8.63. The lowest BCUT2D eigenvalue weighted by Crippen LogP contribution is -2.38. The van der Waals surface area contributed by atoms with Crippen LogP contribution in [-0.4, -0.2) is 47.2 Å². The fourth-order valence-electron chi connectivity index (χ4n) is 4.39. The smallest absolute Gasteiger partial charge is 0.272 e. The highest BCUT2D eigenvalue weighted by Crippen LogP contribution is 2.35. The number of azo groups is 1. The molecule has 3 aromatic rings. The van der Waals surface area contributed by atoms with Crippen molar-refractivity contribution in [2.75, 3.05) is 29.9 Å². The molecule has 1 heterocycles. The molecule has 0 radical (unpaired) electrons. The van der Waals surface area contributed by atoms with Gasteiger partial charge in [0.25, 0.3) is 17.5 Å². The molecule has 0 atom stereocenters. The van der Waals surface area contributed by atoms with E-state index in [9.17, 15) is 35.0 Å². The summed E-state index contributed by atoms with van der Waals surface area (Å²) in [5.41, 5.74) is 0.946. The zero-order chi connectivity index (χ0) is 30.4. The third-order valence-electron chi connectivity index (χ3n) is 6.60. The molecule has 1 aliphatic rings. The number of fused-ring (bicyclic) bond motifs is 1. The number of likely N-dealkylation sites (N-methyl/N-ethyl adjacent to an activating group) is 1. The van der Waals surface area contributed by atoms with E-state index in [0.29, 0.717) is 35.6 Å². The van der Waals surface area contributed by atoms with Crippen LogP contribution in [0.3, 0.4) is 0 Å². The quantitative estimate of drug-likeness (QED) is 0.150. The van der Waals surface area contributed by atoms with Gasteiger partial charge >= 0.3 is 0 Å². The van der Waals surface area contributed by atoms with Crippen molar-refractivity contribution in [3.05, 3.63) is 87.0 Å². The summed E-state index contributed by atoms with van der Waals surface area (Å²) in [5, 5.41) is 41.1. The van der Waals surface area contributed by atoms with Crippen LogP contribution in [0.4, 0.5) is 28.4 Å². The van der Waals surface area contributed by atoms with Crippen LogP contribution in [-0.2, 0) is 4.79 Å². The number of nitrogens with one attached hydrogen (secondary N) is 1. The maximum absolute atomic E-state index is 12.8. The van der Waals surface area contributed by atoms with Crippen molar-refractivity contribution in [1.82, 2.24) is 4.90 Å². The first-order chi connectivity index (χ1) is 20.2. The van der Waals surface area contributed by atoms with Gasteiger partial charge < -0.3 is 10.2 Å². The number of nitro benzene ring substituents is 1. The molecule has 0 aliphatic carbocycles. The Hall–Kier alpha value is -5.95. The van der Waals surface area contributed by atoms with Crippen LogP contribution in [0.5, 0.6) is 0 Å². The molecule has 0 unspecified atom stereocenters. The third kappa shape index (κ3) is 5.80. The van der Waals surface area contributed by atoms with Gasteiger partial charge in [0.2, 0.25) is 5.91 Å². The normalized spacial score (nSPS) is 12.1. The fourth-order valence-corrected chi connectivity index (χ4v) is 4.39. The van der Waals surface area contributed by atoms with Crippen molar-refractivity contribution in [2.45, 2.75) is 20.3 Å². The van der Waals surface area contributed by atoms with Gasteiger partial charge in [-0.05, 0) is 37.3 Å². The minimum absolute atomic E-state index is 0.140. The lowest BCUT2D eigenvalue weighted by atomic mass is 10.1. The SMILES string of the molecule is CCC(=O)Nc1cc(N(CC)CCN2C(=O)c3ccccc3C2=O)ccc1N=Nc1c(C#N)cc([N+](=O)[O-])cc1C#N. The van der Waals surface area contributed by atoms with Crippen molar-refractivity contribution in [1.29, 1.82) is 10.5 Å². The number of anilines is 2. The number of amides is 3. The lowest BCUT2D eigenvalue weighted by Gasteiger charge is -2.26. The predicted molar refractivity (Wildman–Crippen MR) is 152 cm³/mol. The Labute approximate surface area is 240 Å². The Morgan fingerprint density at radius 3 is 2.14 bits per heavy atom. The maximum Gasteiger partial charge on any atom is 0.272 e. The second kappa shape index (κ2) is 12.5. The van der Waals surface area contributed by atoms with Crippen molar-refractivity contribution < 1.29 is 19.3 Å². The molecule has 42 heavy (non-hydrogen) atoms. The highest BCUT2D eigenvalue weighted by atomic mass is 16.6. The van der Waals surface area contributed by atoms with E-state index in [1.807, 2.05) is 11.8 Å². The number of hydrogen-bond acceptors (Lipinski definition) is 10. The van der Waals surface area contributed by atoms with E-state index in [0.717, 1.165) is 12.1 Å². The molecule has 0 saturated heterocycles. The van der Waals surface area contributed by atoms with E-state index in [4.69, 9.17) is 0 Å². The second-order valence-electron chi connectivity index (χ2n) is 9.06. The van der Waals surface area contributed by atoms with E-state index in [2.05, 4.69) is 15.5 Å². The number of hydrogen-bond donors (Lipinski definition) is 1. The van der Waals surface area contributed by atoms with Crippen molar-refractivity contribution in [2.24, 2.45) is 10.2 Å². The summed E-state index contributed by atoms with van der Waals surface area (Å²) in [7, 11) is 0. The maximum atomic E-state index is 12.8. The molecule has 3 aromatic carbocycles. The summed E-state index contributed by atoms with van der Waals surface area (Å²) >= 11 is 0. The zero-order valence-electron chi connectivity index (χ0n) is 22.7. The molecule has 0 bridgehead atoms. The molecule has 0 fully saturated rings. The fraction of sp³-hybridized carbons (Fsp3) is 0.207. The molecule has 13 nitrogen and oxygen atoms in total. The number of rotatable bonds is 10. The first kappa shape index (κ1) is 29.0. The standard InChI is InChI=1S/C29H24N8O5/c1-3-26(38)32-25-15-20(35(4-2)11-12-36-28(39)22-7-5-6-8-23(22)29(36)40)9-10-24(25)33-34-27-18(16-30)13-21(37(41)42)14-19(27)17-31/h5-10,13-15H,3-4,11-12H2,1-2H3,(H,32,38). The number of imide groups is 1. The molecule has 0 saturated carbocycles. The lowest BCUT2D eigenvalue weighted by molar-refractivity contribution is -0.384. The zero-order valence-corrected chi connectivity index (χ0v) is 22.7. The molecule has 13 heteroatoms. The van der Waals surface area contributed by atoms with Crippen LogP contribution in [0.25, 0.3) is 0 Å². The summed E-state index contributed by atoms with van der Waals surface area (Å²) in [6.07, 6.45) is 0.178. The molecule has 210 valence electrons. The van der Waals surface area contributed by atoms with Crippen LogP contribution in [0.1, 0.15) is 52.1 Å². The number of carbonyl (C=O) groups is 3. The van der Waals surface area contributed by atoms with Crippen molar-refractivity contribution in [3.8, 4) is 12.1 Å². The Morgan fingerprint density at radius 2 is 1.62 bits per heavy atom. The van der Waals surface area contributed by atoms with Gasteiger partial charge in [-0.25, -0.2) is 0 Å². The summed E-state index contributed by atoms with van der Waals surface area (Å²) in [6.45, 7) is 4.57. The van der Waals surface area contributed by atoms with Crippen LogP contribution >= 0.6 is 0 Å².